The predicted molar refractivity (Wildman–Crippen MR) is 68.5 cm³/mol. The van der Waals surface area contributed by atoms with Gasteiger partial charge < -0.3 is 19.8 Å². The number of hydrogen-bond acceptors (Lipinski definition) is 4. The van der Waals surface area contributed by atoms with Crippen molar-refractivity contribution in [2.75, 3.05) is 32.2 Å². The lowest BCUT2D eigenvalue weighted by atomic mass is 10.1. The van der Waals surface area contributed by atoms with Crippen LogP contribution in [0.1, 0.15) is 5.56 Å². The van der Waals surface area contributed by atoms with E-state index < -0.39 is 6.10 Å². The van der Waals surface area contributed by atoms with Crippen LogP contribution >= 0.6 is 11.6 Å². The minimum absolute atomic E-state index is 0.0827. The van der Waals surface area contributed by atoms with Crippen molar-refractivity contribution < 1.29 is 14.9 Å². The monoisotopic (exact) mass is 259 g/mol. The van der Waals surface area contributed by atoms with Gasteiger partial charge in [-0.2, -0.15) is 0 Å². The Kier molecular flexibility index (Phi) is 5.71. The summed E-state index contributed by atoms with van der Waals surface area (Å²) in [6.07, 6.45) is -0.563. The maximum absolute atomic E-state index is 9.64. The van der Waals surface area contributed by atoms with E-state index in [2.05, 4.69) is 0 Å². The number of anilines is 1. The molecule has 1 unspecified atom stereocenters. The molecule has 0 saturated carbocycles. The number of rotatable bonds is 6. The summed E-state index contributed by atoms with van der Waals surface area (Å²) in [6, 6.07) is 5.30. The SMILES string of the molecule is COCC(O)CN(C)c1ccc(Cl)cc1CO. The molecule has 0 radical (unpaired) electrons. The molecule has 0 amide bonds. The van der Waals surface area contributed by atoms with Crippen molar-refractivity contribution in [2.24, 2.45) is 0 Å². The second kappa shape index (κ2) is 6.81. The van der Waals surface area contributed by atoms with Gasteiger partial charge in [0.15, 0.2) is 0 Å². The smallest absolute Gasteiger partial charge is 0.0947 e. The Bertz CT molecular complexity index is 360. The first-order valence-corrected chi connectivity index (χ1v) is 5.73. The van der Waals surface area contributed by atoms with Gasteiger partial charge in [0.1, 0.15) is 0 Å². The number of hydrogen-bond donors (Lipinski definition) is 2. The van der Waals surface area contributed by atoms with Gasteiger partial charge in [-0.05, 0) is 18.2 Å². The third-order valence-electron chi connectivity index (χ3n) is 2.47. The van der Waals surface area contributed by atoms with Crippen LogP contribution in [0.2, 0.25) is 5.02 Å². The van der Waals surface area contributed by atoms with Crippen molar-refractivity contribution in [1.29, 1.82) is 0 Å². The molecule has 1 rings (SSSR count). The lowest BCUT2D eigenvalue weighted by molar-refractivity contribution is 0.0694. The first-order valence-electron chi connectivity index (χ1n) is 5.36. The number of halogens is 1. The predicted octanol–water partition coefficient (Wildman–Crippen LogP) is 1.28. The van der Waals surface area contributed by atoms with Crippen molar-refractivity contribution in [3.63, 3.8) is 0 Å². The van der Waals surface area contributed by atoms with Gasteiger partial charge in [0, 0.05) is 37.0 Å². The Hall–Kier alpha value is -0.810. The summed E-state index contributed by atoms with van der Waals surface area (Å²) in [5, 5.41) is 19.5. The summed E-state index contributed by atoms with van der Waals surface area (Å²) < 4.78 is 4.87. The standard InChI is InChI=1S/C12H18ClNO3/c1-14(6-11(16)8-17-2)12-4-3-10(13)5-9(12)7-15/h3-5,11,15-16H,6-8H2,1-2H3. The van der Waals surface area contributed by atoms with Crippen molar-refractivity contribution in [3.05, 3.63) is 28.8 Å². The van der Waals surface area contributed by atoms with Crippen molar-refractivity contribution in [3.8, 4) is 0 Å². The first-order chi connectivity index (χ1) is 8.08. The summed E-state index contributed by atoms with van der Waals surface area (Å²) >= 11 is 5.86. The molecule has 96 valence electrons. The molecule has 1 aromatic rings. The molecule has 0 fully saturated rings. The highest BCUT2D eigenvalue weighted by molar-refractivity contribution is 6.30. The second-order valence-corrected chi connectivity index (χ2v) is 4.36. The zero-order chi connectivity index (χ0) is 12.8. The molecule has 5 heteroatoms. The van der Waals surface area contributed by atoms with Crippen molar-refractivity contribution in [1.82, 2.24) is 0 Å². The zero-order valence-corrected chi connectivity index (χ0v) is 10.8. The molecule has 0 aliphatic rings. The van der Waals surface area contributed by atoms with Crippen LogP contribution in [-0.2, 0) is 11.3 Å². The Morgan fingerprint density at radius 1 is 1.47 bits per heavy atom. The molecule has 1 aromatic carbocycles. The summed E-state index contributed by atoms with van der Waals surface area (Å²) in [4.78, 5) is 1.87. The fourth-order valence-electron chi connectivity index (χ4n) is 1.71. The van der Waals surface area contributed by atoms with Crippen LogP contribution in [0.5, 0.6) is 0 Å². The number of benzene rings is 1. The Balaban J connectivity index is 2.77. The van der Waals surface area contributed by atoms with E-state index in [0.717, 1.165) is 11.3 Å². The van der Waals surface area contributed by atoms with Gasteiger partial charge in [-0.15, -0.1) is 0 Å². The van der Waals surface area contributed by atoms with E-state index in [1.807, 2.05) is 18.0 Å². The van der Waals surface area contributed by atoms with Crippen LogP contribution in [0.3, 0.4) is 0 Å². The quantitative estimate of drug-likeness (QED) is 0.808. The largest absolute Gasteiger partial charge is 0.392 e. The fraction of sp³-hybridized carbons (Fsp3) is 0.500. The van der Waals surface area contributed by atoms with Crippen LogP contribution in [0, 0.1) is 0 Å². The molecule has 0 saturated heterocycles. The highest BCUT2D eigenvalue weighted by Gasteiger charge is 2.12. The average molecular weight is 260 g/mol. The van der Waals surface area contributed by atoms with Crippen LogP contribution in [0.25, 0.3) is 0 Å². The molecule has 0 aliphatic heterocycles. The Morgan fingerprint density at radius 2 is 2.18 bits per heavy atom. The van der Waals surface area contributed by atoms with E-state index in [1.54, 1.807) is 19.2 Å². The van der Waals surface area contributed by atoms with Crippen molar-refractivity contribution in [2.45, 2.75) is 12.7 Å². The van der Waals surface area contributed by atoms with E-state index in [1.165, 1.54) is 0 Å². The highest BCUT2D eigenvalue weighted by Crippen LogP contribution is 2.23. The van der Waals surface area contributed by atoms with Gasteiger partial charge >= 0.3 is 0 Å². The minimum atomic E-state index is -0.563. The van der Waals surface area contributed by atoms with Gasteiger partial charge in [0.25, 0.3) is 0 Å². The molecule has 4 nitrogen and oxygen atoms in total. The minimum Gasteiger partial charge on any atom is -0.392 e. The molecule has 0 bridgehead atoms. The maximum atomic E-state index is 9.64. The molecular formula is C12H18ClNO3. The summed E-state index contributed by atoms with van der Waals surface area (Å²) in [6.45, 7) is 0.634. The zero-order valence-electron chi connectivity index (χ0n) is 10.1. The van der Waals surface area contributed by atoms with Gasteiger partial charge in [0.2, 0.25) is 0 Å². The first kappa shape index (κ1) is 14.3. The lowest BCUT2D eigenvalue weighted by Gasteiger charge is -2.24. The fourth-order valence-corrected chi connectivity index (χ4v) is 1.91. The topological polar surface area (TPSA) is 52.9 Å². The number of nitrogens with zero attached hydrogens (tertiary/aromatic N) is 1. The van der Waals surface area contributed by atoms with E-state index >= 15 is 0 Å². The lowest BCUT2D eigenvalue weighted by Crippen LogP contribution is -2.32. The highest BCUT2D eigenvalue weighted by atomic mass is 35.5. The van der Waals surface area contributed by atoms with Gasteiger partial charge in [-0.1, -0.05) is 11.6 Å². The molecule has 1 atom stereocenters. The molecule has 0 heterocycles. The summed E-state index contributed by atoms with van der Waals surface area (Å²) in [5.74, 6) is 0. The summed E-state index contributed by atoms with van der Waals surface area (Å²) in [5.41, 5.74) is 1.59. The van der Waals surface area contributed by atoms with Crippen LogP contribution in [0.15, 0.2) is 18.2 Å². The van der Waals surface area contributed by atoms with Crippen LogP contribution in [0.4, 0.5) is 5.69 Å². The molecular weight excluding hydrogens is 242 g/mol. The average Bonchev–Trinajstić information content (AvgIpc) is 2.28. The van der Waals surface area contributed by atoms with E-state index in [4.69, 9.17) is 16.3 Å². The molecule has 0 aromatic heterocycles. The number of methoxy groups -OCH3 is 1. The third kappa shape index (κ3) is 4.16. The van der Waals surface area contributed by atoms with Gasteiger partial charge in [0.05, 0.1) is 19.3 Å². The number of aliphatic hydroxyl groups excluding tert-OH is 2. The normalized spacial score (nSPS) is 12.5. The molecule has 17 heavy (non-hydrogen) atoms. The van der Waals surface area contributed by atoms with Crippen molar-refractivity contribution >= 4 is 17.3 Å². The number of aliphatic hydroxyl groups is 2. The van der Waals surface area contributed by atoms with Gasteiger partial charge in [-0.25, -0.2) is 0 Å². The number of likely N-dealkylation sites (N-methyl/N-ethyl adjacent to an activating group) is 1. The molecule has 2 N–H and O–H groups in total. The Labute approximate surface area is 106 Å². The van der Waals surface area contributed by atoms with Gasteiger partial charge in [-0.3, -0.25) is 0 Å². The van der Waals surface area contributed by atoms with E-state index in [0.29, 0.717) is 11.6 Å². The maximum Gasteiger partial charge on any atom is 0.0947 e. The van der Waals surface area contributed by atoms with Crippen LogP contribution in [-0.4, -0.2) is 43.6 Å². The third-order valence-corrected chi connectivity index (χ3v) is 2.70. The van der Waals surface area contributed by atoms with E-state index in [9.17, 15) is 10.2 Å². The summed E-state index contributed by atoms with van der Waals surface area (Å²) in [7, 11) is 3.39. The Morgan fingerprint density at radius 3 is 2.76 bits per heavy atom. The van der Waals surface area contributed by atoms with E-state index in [-0.39, 0.29) is 13.2 Å². The van der Waals surface area contributed by atoms with Crippen LogP contribution < -0.4 is 4.90 Å². The molecule has 0 aliphatic carbocycles. The number of ether oxygens (including phenoxy) is 1. The second-order valence-electron chi connectivity index (χ2n) is 3.92. The molecule has 0 spiro atoms.